The highest BCUT2D eigenvalue weighted by molar-refractivity contribution is 5.78. The van der Waals surface area contributed by atoms with E-state index in [4.69, 9.17) is 0 Å². The highest BCUT2D eigenvalue weighted by Crippen LogP contribution is 2.30. The summed E-state index contributed by atoms with van der Waals surface area (Å²) in [5, 5.41) is 6.14. The molecule has 13 heavy (non-hydrogen) atoms. The maximum atomic E-state index is 11.2. The summed E-state index contributed by atoms with van der Waals surface area (Å²) in [5.41, 5.74) is 0.240. The minimum atomic E-state index is 0.120. The summed E-state index contributed by atoms with van der Waals surface area (Å²) >= 11 is 0. The van der Waals surface area contributed by atoms with Gasteiger partial charge in [-0.25, -0.2) is 0 Å². The number of carbonyl (C=O) groups excluding carboxylic acids is 1. The molecule has 0 unspecified atom stereocenters. The van der Waals surface area contributed by atoms with Crippen LogP contribution in [0.15, 0.2) is 0 Å². The average molecular weight is 184 g/mol. The number of amides is 1. The van der Waals surface area contributed by atoms with Crippen LogP contribution in [0.2, 0.25) is 0 Å². The number of hydrogen-bond donors (Lipinski definition) is 2. The van der Waals surface area contributed by atoms with Gasteiger partial charge in [0.15, 0.2) is 0 Å². The molecular weight excluding hydrogens is 164 g/mol. The molecule has 0 aromatic carbocycles. The molecule has 3 heteroatoms. The van der Waals surface area contributed by atoms with Crippen molar-refractivity contribution in [2.24, 2.45) is 0 Å². The van der Waals surface area contributed by atoms with Crippen molar-refractivity contribution in [1.29, 1.82) is 0 Å². The monoisotopic (exact) mass is 184 g/mol. The fraction of sp³-hybridized carbons (Fsp3) is 0.900. The molecule has 3 nitrogen and oxygen atoms in total. The minimum Gasteiger partial charge on any atom is -0.355 e. The first-order chi connectivity index (χ1) is 6.16. The molecule has 0 aromatic rings. The summed E-state index contributed by atoms with van der Waals surface area (Å²) in [6, 6.07) is 0. The normalized spacial score (nSPS) is 19.2. The Morgan fingerprint density at radius 2 is 2.15 bits per heavy atom. The predicted molar refractivity (Wildman–Crippen MR) is 53.6 cm³/mol. The quantitative estimate of drug-likeness (QED) is 0.670. The zero-order valence-electron chi connectivity index (χ0n) is 8.65. The smallest absolute Gasteiger partial charge is 0.233 e. The molecule has 1 amide bonds. The van der Waals surface area contributed by atoms with Gasteiger partial charge in [0.25, 0.3) is 0 Å². The molecular formula is C10H20N2O. The summed E-state index contributed by atoms with van der Waals surface area (Å²) in [5.74, 6) is 0.120. The van der Waals surface area contributed by atoms with Crippen molar-refractivity contribution < 1.29 is 4.79 Å². The van der Waals surface area contributed by atoms with E-state index in [2.05, 4.69) is 24.5 Å². The molecule has 1 fully saturated rings. The van der Waals surface area contributed by atoms with Crippen LogP contribution in [0.4, 0.5) is 0 Å². The standard InChI is InChI=1S/C10H20N2O/c1-3-7-11-9(13)8-12-10(2)5-4-6-10/h12H,3-8H2,1-2H3,(H,11,13). The van der Waals surface area contributed by atoms with Crippen molar-refractivity contribution >= 4 is 5.91 Å². The third-order valence-electron chi connectivity index (χ3n) is 2.70. The van der Waals surface area contributed by atoms with Gasteiger partial charge in [-0.05, 0) is 32.6 Å². The van der Waals surface area contributed by atoms with Gasteiger partial charge in [-0.3, -0.25) is 4.79 Å². The van der Waals surface area contributed by atoms with Crippen LogP contribution in [0, 0.1) is 0 Å². The van der Waals surface area contributed by atoms with E-state index in [1.165, 1.54) is 19.3 Å². The lowest BCUT2D eigenvalue weighted by Crippen LogP contribution is -2.51. The summed E-state index contributed by atoms with van der Waals surface area (Å²) in [6.07, 6.45) is 4.70. The van der Waals surface area contributed by atoms with Gasteiger partial charge in [0.1, 0.15) is 0 Å². The van der Waals surface area contributed by atoms with E-state index in [0.717, 1.165) is 13.0 Å². The average Bonchev–Trinajstić information content (AvgIpc) is 2.08. The molecule has 1 saturated carbocycles. The van der Waals surface area contributed by atoms with Crippen molar-refractivity contribution in [3.8, 4) is 0 Å². The second-order valence-corrected chi connectivity index (χ2v) is 4.12. The highest BCUT2D eigenvalue weighted by Gasteiger charge is 2.31. The zero-order valence-corrected chi connectivity index (χ0v) is 8.65. The van der Waals surface area contributed by atoms with E-state index < -0.39 is 0 Å². The maximum Gasteiger partial charge on any atom is 0.233 e. The number of nitrogens with one attached hydrogen (secondary N) is 2. The van der Waals surface area contributed by atoms with Crippen LogP contribution in [0.1, 0.15) is 39.5 Å². The lowest BCUT2D eigenvalue weighted by atomic mass is 9.78. The van der Waals surface area contributed by atoms with Crippen molar-refractivity contribution in [2.75, 3.05) is 13.1 Å². The molecule has 0 atom stereocenters. The molecule has 0 spiro atoms. The largest absolute Gasteiger partial charge is 0.355 e. The maximum absolute atomic E-state index is 11.2. The lowest BCUT2D eigenvalue weighted by Gasteiger charge is -2.39. The van der Waals surface area contributed by atoms with Gasteiger partial charge in [-0.15, -0.1) is 0 Å². The van der Waals surface area contributed by atoms with E-state index in [1.807, 2.05) is 0 Å². The number of rotatable bonds is 5. The second-order valence-electron chi connectivity index (χ2n) is 4.12. The van der Waals surface area contributed by atoms with Crippen LogP contribution in [0.3, 0.4) is 0 Å². The number of carbonyl (C=O) groups is 1. The molecule has 1 aliphatic rings. The molecule has 2 N–H and O–H groups in total. The van der Waals surface area contributed by atoms with Crippen LogP contribution >= 0.6 is 0 Å². The van der Waals surface area contributed by atoms with E-state index in [1.54, 1.807) is 0 Å². The minimum absolute atomic E-state index is 0.120. The molecule has 0 radical (unpaired) electrons. The van der Waals surface area contributed by atoms with Gasteiger partial charge in [-0.1, -0.05) is 6.92 Å². The van der Waals surface area contributed by atoms with Crippen LogP contribution in [-0.2, 0) is 4.79 Å². The van der Waals surface area contributed by atoms with Crippen molar-refractivity contribution in [3.05, 3.63) is 0 Å². The van der Waals surface area contributed by atoms with Crippen LogP contribution in [0.5, 0.6) is 0 Å². The molecule has 0 bridgehead atoms. The molecule has 0 saturated heterocycles. The Hall–Kier alpha value is -0.570. The molecule has 1 aliphatic carbocycles. The fourth-order valence-electron chi connectivity index (χ4n) is 1.50. The Morgan fingerprint density at radius 3 is 2.62 bits per heavy atom. The Bertz CT molecular complexity index is 176. The van der Waals surface area contributed by atoms with Crippen LogP contribution in [0.25, 0.3) is 0 Å². The molecule has 1 rings (SSSR count). The van der Waals surface area contributed by atoms with Crippen LogP contribution in [-0.4, -0.2) is 24.5 Å². The Morgan fingerprint density at radius 1 is 1.46 bits per heavy atom. The van der Waals surface area contributed by atoms with Gasteiger partial charge >= 0.3 is 0 Å². The highest BCUT2D eigenvalue weighted by atomic mass is 16.1. The fourth-order valence-corrected chi connectivity index (χ4v) is 1.50. The predicted octanol–water partition coefficient (Wildman–Crippen LogP) is 1.04. The second kappa shape index (κ2) is 4.61. The third kappa shape index (κ3) is 3.35. The summed E-state index contributed by atoms with van der Waals surface area (Å²) in [7, 11) is 0. The van der Waals surface area contributed by atoms with E-state index in [-0.39, 0.29) is 11.4 Å². The molecule has 0 aromatic heterocycles. The Balaban J connectivity index is 2.07. The third-order valence-corrected chi connectivity index (χ3v) is 2.70. The molecule has 0 heterocycles. The molecule has 0 aliphatic heterocycles. The summed E-state index contributed by atoms with van der Waals surface area (Å²) in [6.45, 7) is 5.50. The van der Waals surface area contributed by atoms with E-state index in [9.17, 15) is 4.79 Å². The van der Waals surface area contributed by atoms with Gasteiger partial charge < -0.3 is 10.6 Å². The Kier molecular flexibility index (Phi) is 3.72. The van der Waals surface area contributed by atoms with Crippen LogP contribution < -0.4 is 10.6 Å². The molecule has 76 valence electrons. The first kappa shape index (κ1) is 10.5. The van der Waals surface area contributed by atoms with Gasteiger partial charge in [-0.2, -0.15) is 0 Å². The van der Waals surface area contributed by atoms with Crippen molar-refractivity contribution in [3.63, 3.8) is 0 Å². The topological polar surface area (TPSA) is 41.1 Å². The zero-order chi connectivity index (χ0) is 9.73. The first-order valence-corrected chi connectivity index (χ1v) is 5.18. The van der Waals surface area contributed by atoms with E-state index >= 15 is 0 Å². The summed E-state index contributed by atoms with van der Waals surface area (Å²) in [4.78, 5) is 11.2. The van der Waals surface area contributed by atoms with Crippen molar-refractivity contribution in [1.82, 2.24) is 10.6 Å². The first-order valence-electron chi connectivity index (χ1n) is 5.18. The van der Waals surface area contributed by atoms with Gasteiger partial charge in [0, 0.05) is 12.1 Å². The van der Waals surface area contributed by atoms with E-state index in [0.29, 0.717) is 6.54 Å². The number of hydrogen-bond acceptors (Lipinski definition) is 2. The SMILES string of the molecule is CCCNC(=O)CNC1(C)CCC1. The van der Waals surface area contributed by atoms with Gasteiger partial charge in [0.05, 0.1) is 6.54 Å². The summed E-state index contributed by atoms with van der Waals surface area (Å²) < 4.78 is 0. The van der Waals surface area contributed by atoms with Gasteiger partial charge in [0.2, 0.25) is 5.91 Å². The van der Waals surface area contributed by atoms with Crippen molar-refractivity contribution in [2.45, 2.75) is 45.1 Å². The Labute approximate surface area is 80.3 Å². The lowest BCUT2D eigenvalue weighted by molar-refractivity contribution is -0.120.